The highest BCUT2D eigenvalue weighted by Crippen LogP contribution is 2.33. The normalized spacial score (nSPS) is 12.3. The van der Waals surface area contributed by atoms with Gasteiger partial charge < -0.3 is 4.57 Å². The van der Waals surface area contributed by atoms with Gasteiger partial charge in [0.2, 0.25) is 0 Å². The second-order valence-electron chi connectivity index (χ2n) is 3.20. The van der Waals surface area contributed by atoms with E-state index in [1.807, 2.05) is 6.92 Å². The lowest BCUT2D eigenvalue weighted by molar-refractivity contribution is -0.136. The molecule has 0 radical (unpaired) electrons. The number of nitrogens with zero attached hydrogens (tertiary/aromatic N) is 2. The van der Waals surface area contributed by atoms with Gasteiger partial charge in [-0.05, 0) is 19.1 Å². The second-order valence-corrected chi connectivity index (χ2v) is 3.20. The molecule has 5 heteroatoms. The molecular weight excluding hydrogens is 205 g/mol. The summed E-state index contributed by atoms with van der Waals surface area (Å²) in [5, 5.41) is 0. The minimum atomic E-state index is -4.34. The van der Waals surface area contributed by atoms with E-state index in [-0.39, 0.29) is 5.52 Å². The SMILES string of the molecule is CCn1cnc2c(C(F)(F)F)cccc21. The summed E-state index contributed by atoms with van der Waals surface area (Å²) in [7, 11) is 0. The third kappa shape index (κ3) is 1.58. The van der Waals surface area contributed by atoms with Gasteiger partial charge in [0, 0.05) is 6.54 Å². The zero-order valence-corrected chi connectivity index (χ0v) is 8.04. The average Bonchev–Trinajstić information content (AvgIpc) is 2.58. The van der Waals surface area contributed by atoms with Gasteiger partial charge in [-0.25, -0.2) is 4.98 Å². The summed E-state index contributed by atoms with van der Waals surface area (Å²) >= 11 is 0. The molecule has 0 atom stereocenters. The Kier molecular flexibility index (Phi) is 2.17. The highest BCUT2D eigenvalue weighted by molar-refractivity contribution is 5.79. The standard InChI is InChI=1S/C10H9F3N2/c1-2-15-6-14-9-7(10(11,12)13)4-3-5-8(9)15/h3-6H,2H2,1H3. The van der Waals surface area contributed by atoms with Gasteiger partial charge in [0.25, 0.3) is 0 Å². The van der Waals surface area contributed by atoms with E-state index >= 15 is 0 Å². The van der Waals surface area contributed by atoms with E-state index < -0.39 is 11.7 Å². The molecule has 1 heterocycles. The molecule has 1 aromatic heterocycles. The molecule has 0 bridgehead atoms. The average molecular weight is 214 g/mol. The van der Waals surface area contributed by atoms with E-state index in [4.69, 9.17) is 0 Å². The molecule has 2 rings (SSSR count). The maximum atomic E-state index is 12.6. The first-order valence-corrected chi connectivity index (χ1v) is 4.55. The predicted molar refractivity (Wildman–Crippen MR) is 50.4 cm³/mol. The van der Waals surface area contributed by atoms with Crippen LogP contribution in [0.25, 0.3) is 11.0 Å². The van der Waals surface area contributed by atoms with E-state index in [1.165, 1.54) is 12.4 Å². The quantitative estimate of drug-likeness (QED) is 0.713. The Hall–Kier alpha value is -1.52. The van der Waals surface area contributed by atoms with Gasteiger partial charge >= 0.3 is 6.18 Å². The van der Waals surface area contributed by atoms with Crippen LogP contribution < -0.4 is 0 Å². The minimum Gasteiger partial charge on any atom is -0.331 e. The van der Waals surface area contributed by atoms with Gasteiger partial charge in [0.05, 0.1) is 17.4 Å². The molecule has 0 saturated carbocycles. The Bertz CT molecular complexity index is 485. The molecule has 0 amide bonds. The fourth-order valence-electron chi connectivity index (χ4n) is 1.57. The van der Waals surface area contributed by atoms with Crippen LogP contribution in [0, 0.1) is 0 Å². The van der Waals surface area contributed by atoms with Crippen LogP contribution in [0.15, 0.2) is 24.5 Å². The van der Waals surface area contributed by atoms with Crippen LogP contribution in [0.1, 0.15) is 12.5 Å². The summed E-state index contributed by atoms with van der Waals surface area (Å²) in [6.07, 6.45) is -2.91. The van der Waals surface area contributed by atoms with Crippen molar-refractivity contribution in [2.24, 2.45) is 0 Å². The number of fused-ring (bicyclic) bond motifs is 1. The first-order valence-electron chi connectivity index (χ1n) is 4.55. The Morgan fingerprint density at radius 1 is 1.33 bits per heavy atom. The zero-order valence-electron chi connectivity index (χ0n) is 8.04. The summed E-state index contributed by atoms with van der Waals surface area (Å²) < 4.78 is 39.4. The smallest absolute Gasteiger partial charge is 0.331 e. The number of para-hydroxylation sites is 1. The van der Waals surface area contributed by atoms with E-state index in [1.54, 1.807) is 10.6 Å². The minimum absolute atomic E-state index is 0.0202. The van der Waals surface area contributed by atoms with Gasteiger partial charge in [-0.3, -0.25) is 0 Å². The Morgan fingerprint density at radius 3 is 2.67 bits per heavy atom. The molecular formula is C10H9F3N2. The van der Waals surface area contributed by atoms with Gasteiger partial charge in [-0.2, -0.15) is 13.2 Å². The van der Waals surface area contributed by atoms with Crippen LogP contribution in [-0.2, 0) is 12.7 Å². The van der Waals surface area contributed by atoms with E-state index in [0.717, 1.165) is 6.07 Å². The molecule has 0 aliphatic carbocycles. The summed E-state index contributed by atoms with van der Waals surface area (Å²) in [5.74, 6) is 0. The molecule has 0 saturated heterocycles. The van der Waals surface area contributed by atoms with E-state index in [2.05, 4.69) is 4.98 Å². The van der Waals surface area contributed by atoms with Crippen LogP contribution in [0.2, 0.25) is 0 Å². The van der Waals surface area contributed by atoms with Crippen molar-refractivity contribution in [3.8, 4) is 0 Å². The fourth-order valence-corrected chi connectivity index (χ4v) is 1.57. The number of aryl methyl sites for hydroxylation is 1. The maximum absolute atomic E-state index is 12.6. The lowest BCUT2D eigenvalue weighted by Crippen LogP contribution is -2.05. The predicted octanol–water partition coefficient (Wildman–Crippen LogP) is 3.08. The molecule has 0 fully saturated rings. The first-order chi connectivity index (χ1) is 7.04. The topological polar surface area (TPSA) is 17.8 Å². The van der Waals surface area contributed by atoms with Crippen molar-refractivity contribution in [3.63, 3.8) is 0 Å². The largest absolute Gasteiger partial charge is 0.418 e. The zero-order chi connectivity index (χ0) is 11.1. The third-order valence-electron chi connectivity index (χ3n) is 2.30. The molecule has 1 aromatic carbocycles. The molecule has 0 N–H and O–H groups in total. The van der Waals surface area contributed by atoms with Gasteiger partial charge in [-0.15, -0.1) is 0 Å². The van der Waals surface area contributed by atoms with Crippen LogP contribution in [-0.4, -0.2) is 9.55 Å². The Labute approximate surface area is 84.3 Å². The number of halogens is 3. The molecule has 15 heavy (non-hydrogen) atoms. The van der Waals surface area contributed by atoms with Crippen molar-refractivity contribution in [2.75, 3.05) is 0 Å². The van der Waals surface area contributed by atoms with Gasteiger partial charge in [0.1, 0.15) is 5.52 Å². The summed E-state index contributed by atoms with van der Waals surface area (Å²) in [6, 6.07) is 4.09. The Morgan fingerprint density at radius 2 is 2.07 bits per heavy atom. The number of rotatable bonds is 1. The van der Waals surface area contributed by atoms with Gasteiger partial charge in [0.15, 0.2) is 0 Å². The fraction of sp³-hybridized carbons (Fsp3) is 0.300. The number of aromatic nitrogens is 2. The maximum Gasteiger partial charge on any atom is 0.418 e. The van der Waals surface area contributed by atoms with E-state index in [0.29, 0.717) is 12.1 Å². The molecule has 2 aromatic rings. The molecule has 0 spiro atoms. The van der Waals surface area contributed by atoms with Gasteiger partial charge in [-0.1, -0.05) is 6.07 Å². The highest BCUT2D eigenvalue weighted by Gasteiger charge is 2.33. The summed E-state index contributed by atoms with van der Waals surface area (Å²) in [6.45, 7) is 2.47. The summed E-state index contributed by atoms with van der Waals surface area (Å²) in [4.78, 5) is 3.80. The monoisotopic (exact) mass is 214 g/mol. The Balaban J connectivity index is 2.73. The molecule has 80 valence electrons. The molecule has 0 unspecified atom stereocenters. The molecule has 0 aliphatic rings. The van der Waals surface area contributed by atoms with Crippen molar-refractivity contribution in [2.45, 2.75) is 19.6 Å². The van der Waals surface area contributed by atoms with Crippen LogP contribution in [0.4, 0.5) is 13.2 Å². The number of imidazole rings is 1. The molecule has 2 nitrogen and oxygen atoms in total. The third-order valence-corrected chi connectivity index (χ3v) is 2.30. The van der Waals surface area contributed by atoms with E-state index in [9.17, 15) is 13.2 Å². The highest BCUT2D eigenvalue weighted by atomic mass is 19.4. The first kappa shape index (κ1) is 10.0. The molecule has 0 aliphatic heterocycles. The van der Waals surface area contributed by atoms with Crippen molar-refractivity contribution >= 4 is 11.0 Å². The van der Waals surface area contributed by atoms with Crippen LogP contribution >= 0.6 is 0 Å². The summed E-state index contributed by atoms with van der Waals surface area (Å²) in [5.41, 5.74) is -0.133. The second kappa shape index (κ2) is 3.25. The van der Waals surface area contributed by atoms with Crippen molar-refractivity contribution in [3.05, 3.63) is 30.1 Å². The lowest BCUT2D eigenvalue weighted by Gasteiger charge is -2.07. The van der Waals surface area contributed by atoms with Crippen molar-refractivity contribution in [1.29, 1.82) is 0 Å². The number of alkyl halides is 3. The number of hydrogen-bond acceptors (Lipinski definition) is 1. The van der Waals surface area contributed by atoms with Crippen molar-refractivity contribution < 1.29 is 13.2 Å². The van der Waals surface area contributed by atoms with Crippen LogP contribution in [0.3, 0.4) is 0 Å². The number of benzene rings is 1. The number of hydrogen-bond donors (Lipinski definition) is 0. The van der Waals surface area contributed by atoms with Crippen molar-refractivity contribution in [1.82, 2.24) is 9.55 Å². The van der Waals surface area contributed by atoms with Crippen LogP contribution in [0.5, 0.6) is 0 Å². The lowest BCUT2D eigenvalue weighted by atomic mass is 10.2.